The molecule has 2 heterocycles. The maximum atomic E-state index is 11.4. The van der Waals surface area contributed by atoms with Crippen molar-refractivity contribution >= 4 is 6.29 Å². The van der Waals surface area contributed by atoms with Crippen LogP contribution < -0.4 is 0 Å². The lowest BCUT2D eigenvalue weighted by molar-refractivity contribution is -0.123. The van der Waals surface area contributed by atoms with E-state index in [9.17, 15) is 4.79 Å². The highest BCUT2D eigenvalue weighted by Crippen LogP contribution is 2.33. The molecule has 2 unspecified atom stereocenters. The van der Waals surface area contributed by atoms with E-state index < -0.39 is 0 Å². The van der Waals surface area contributed by atoms with Crippen molar-refractivity contribution in [1.29, 1.82) is 0 Å². The second kappa shape index (κ2) is 4.84. The number of aldehydes is 1. The van der Waals surface area contributed by atoms with E-state index in [4.69, 9.17) is 4.74 Å². The SMILES string of the molecule is CC1CC(C)N(CC2(C=O)CCOCC2)C1. The van der Waals surface area contributed by atoms with Gasteiger partial charge in [-0.3, -0.25) is 4.90 Å². The number of likely N-dealkylation sites (tertiary alicyclic amines) is 1. The standard InChI is InChI=1S/C13H23NO2/c1-11-7-12(2)14(8-11)9-13(10-15)3-5-16-6-4-13/h10-12H,3-9H2,1-2H3. The lowest BCUT2D eigenvalue weighted by Gasteiger charge is -2.37. The Balaban J connectivity index is 1.98. The molecule has 0 amide bonds. The van der Waals surface area contributed by atoms with Gasteiger partial charge in [0.2, 0.25) is 0 Å². The largest absolute Gasteiger partial charge is 0.381 e. The minimum absolute atomic E-state index is 0.128. The average Bonchev–Trinajstić information content (AvgIpc) is 2.59. The fourth-order valence-corrected chi connectivity index (χ4v) is 3.10. The lowest BCUT2D eigenvalue weighted by atomic mass is 9.81. The van der Waals surface area contributed by atoms with E-state index in [0.717, 1.165) is 45.1 Å². The van der Waals surface area contributed by atoms with Gasteiger partial charge in [-0.05, 0) is 32.1 Å². The molecule has 0 spiro atoms. The van der Waals surface area contributed by atoms with Gasteiger partial charge in [0.05, 0.1) is 0 Å². The van der Waals surface area contributed by atoms with Gasteiger partial charge in [0.25, 0.3) is 0 Å². The molecule has 3 nitrogen and oxygen atoms in total. The van der Waals surface area contributed by atoms with E-state index in [1.165, 1.54) is 12.7 Å². The summed E-state index contributed by atoms with van der Waals surface area (Å²) in [5.74, 6) is 0.776. The summed E-state index contributed by atoms with van der Waals surface area (Å²) in [6.07, 6.45) is 4.25. The highest BCUT2D eigenvalue weighted by atomic mass is 16.5. The molecule has 2 aliphatic rings. The molecule has 0 saturated carbocycles. The molecule has 2 rings (SSSR count). The van der Waals surface area contributed by atoms with Gasteiger partial charge in [-0.25, -0.2) is 0 Å². The zero-order valence-electron chi connectivity index (χ0n) is 10.4. The molecule has 0 aromatic carbocycles. The smallest absolute Gasteiger partial charge is 0.127 e. The predicted octanol–water partition coefficient (Wildman–Crippen LogP) is 1.71. The summed E-state index contributed by atoms with van der Waals surface area (Å²) in [6.45, 7) is 8.16. The first-order chi connectivity index (χ1) is 7.65. The average molecular weight is 225 g/mol. The predicted molar refractivity (Wildman–Crippen MR) is 63.4 cm³/mol. The quantitative estimate of drug-likeness (QED) is 0.685. The van der Waals surface area contributed by atoms with Crippen molar-refractivity contribution in [3.05, 3.63) is 0 Å². The Hall–Kier alpha value is -0.410. The third kappa shape index (κ3) is 2.46. The molecule has 16 heavy (non-hydrogen) atoms. The Morgan fingerprint density at radius 1 is 1.38 bits per heavy atom. The number of nitrogens with zero attached hydrogens (tertiary/aromatic N) is 1. The molecule has 0 bridgehead atoms. The Morgan fingerprint density at radius 3 is 2.56 bits per heavy atom. The molecular formula is C13H23NO2. The van der Waals surface area contributed by atoms with E-state index >= 15 is 0 Å². The van der Waals surface area contributed by atoms with Gasteiger partial charge in [-0.15, -0.1) is 0 Å². The summed E-state index contributed by atoms with van der Waals surface area (Å²) in [6, 6.07) is 0.634. The van der Waals surface area contributed by atoms with Gasteiger partial charge in [0.1, 0.15) is 6.29 Å². The van der Waals surface area contributed by atoms with Crippen LogP contribution in [0.5, 0.6) is 0 Å². The van der Waals surface area contributed by atoms with Gasteiger partial charge in [0.15, 0.2) is 0 Å². The second-order valence-corrected chi connectivity index (χ2v) is 5.71. The summed E-state index contributed by atoms with van der Waals surface area (Å²) in [4.78, 5) is 13.9. The summed E-state index contributed by atoms with van der Waals surface area (Å²) < 4.78 is 5.36. The van der Waals surface area contributed by atoms with Crippen molar-refractivity contribution < 1.29 is 9.53 Å². The summed E-state index contributed by atoms with van der Waals surface area (Å²) in [7, 11) is 0. The Labute approximate surface area is 98.1 Å². The van der Waals surface area contributed by atoms with Gasteiger partial charge in [-0.1, -0.05) is 6.92 Å². The van der Waals surface area contributed by atoms with Gasteiger partial charge < -0.3 is 9.53 Å². The molecule has 0 radical (unpaired) electrons. The molecule has 2 fully saturated rings. The Morgan fingerprint density at radius 2 is 2.06 bits per heavy atom. The number of carbonyl (C=O) groups excluding carboxylic acids is 1. The van der Waals surface area contributed by atoms with Crippen LogP contribution in [-0.4, -0.2) is 43.5 Å². The van der Waals surface area contributed by atoms with E-state index in [0.29, 0.717) is 6.04 Å². The second-order valence-electron chi connectivity index (χ2n) is 5.71. The van der Waals surface area contributed by atoms with Gasteiger partial charge in [-0.2, -0.15) is 0 Å². The summed E-state index contributed by atoms with van der Waals surface area (Å²) >= 11 is 0. The van der Waals surface area contributed by atoms with Crippen LogP contribution in [0.4, 0.5) is 0 Å². The van der Waals surface area contributed by atoms with Crippen LogP contribution in [0.2, 0.25) is 0 Å². The highest BCUT2D eigenvalue weighted by Gasteiger charge is 2.37. The molecule has 0 aliphatic carbocycles. The molecule has 0 N–H and O–H groups in total. The third-order valence-corrected chi connectivity index (χ3v) is 4.17. The number of ether oxygens (including phenoxy) is 1. The Bertz CT molecular complexity index is 248. The van der Waals surface area contributed by atoms with Crippen LogP contribution in [0.15, 0.2) is 0 Å². The van der Waals surface area contributed by atoms with Crippen molar-refractivity contribution in [2.45, 2.75) is 39.2 Å². The van der Waals surface area contributed by atoms with Crippen LogP contribution in [0.3, 0.4) is 0 Å². The van der Waals surface area contributed by atoms with E-state index in [1.807, 2.05) is 0 Å². The molecule has 2 saturated heterocycles. The number of rotatable bonds is 3. The zero-order chi connectivity index (χ0) is 11.6. The molecule has 0 aromatic rings. The Kier molecular flexibility index (Phi) is 3.65. The number of hydrogen-bond donors (Lipinski definition) is 0. The van der Waals surface area contributed by atoms with Gasteiger partial charge in [0, 0.05) is 37.8 Å². The first-order valence-electron chi connectivity index (χ1n) is 6.43. The normalized spacial score (nSPS) is 35.1. The molecule has 92 valence electrons. The van der Waals surface area contributed by atoms with Crippen molar-refractivity contribution in [3.8, 4) is 0 Å². The first kappa shape index (κ1) is 12.1. The van der Waals surface area contributed by atoms with Gasteiger partial charge >= 0.3 is 0 Å². The number of hydrogen-bond acceptors (Lipinski definition) is 3. The summed E-state index contributed by atoms with van der Waals surface area (Å²) in [5, 5.41) is 0. The van der Waals surface area contributed by atoms with Crippen LogP contribution in [0.25, 0.3) is 0 Å². The van der Waals surface area contributed by atoms with Crippen molar-refractivity contribution in [2.75, 3.05) is 26.3 Å². The third-order valence-electron chi connectivity index (χ3n) is 4.17. The van der Waals surface area contributed by atoms with Crippen molar-refractivity contribution in [3.63, 3.8) is 0 Å². The van der Waals surface area contributed by atoms with Crippen LogP contribution in [0.1, 0.15) is 33.1 Å². The zero-order valence-corrected chi connectivity index (χ0v) is 10.4. The molecule has 2 aliphatic heterocycles. The minimum Gasteiger partial charge on any atom is -0.381 e. The maximum Gasteiger partial charge on any atom is 0.127 e. The molecule has 2 atom stereocenters. The first-order valence-corrected chi connectivity index (χ1v) is 6.43. The monoisotopic (exact) mass is 225 g/mol. The lowest BCUT2D eigenvalue weighted by Crippen LogP contribution is -2.43. The highest BCUT2D eigenvalue weighted by molar-refractivity contribution is 5.60. The minimum atomic E-state index is -0.128. The fraction of sp³-hybridized carbons (Fsp3) is 0.923. The summed E-state index contributed by atoms with van der Waals surface area (Å²) in [5.41, 5.74) is -0.128. The van der Waals surface area contributed by atoms with Crippen molar-refractivity contribution in [2.24, 2.45) is 11.3 Å². The fourth-order valence-electron chi connectivity index (χ4n) is 3.10. The van der Waals surface area contributed by atoms with Crippen LogP contribution in [-0.2, 0) is 9.53 Å². The topological polar surface area (TPSA) is 29.5 Å². The molecular weight excluding hydrogens is 202 g/mol. The van der Waals surface area contributed by atoms with Crippen LogP contribution >= 0.6 is 0 Å². The molecule has 3 heteroatoms. The van der Waals surface area contributed by atoms with E-state index in [1.54, 1.807) is 0 Å². The maximum absolute atomic E-state index is 11.4. The van der Waals surface area contributed by atoms with E-state index in [2.05, 4.69) is 18.7 Å². The van der Waals surface area contributed by atoms with Crippen LogP contribution in [0, 0.1) is 11.3 Å². The van der Waals surface area contributed by atoms with Crippen molar-refractivity contribution in [1.82, 2.24) is 4.90 Å². The van der Waals surface area contributed by atoms with E-state index in [-0.39, 0.29) is 5.41 Å². The molecule has 0 aromatic heterocycles. The number of carbonyl (C=O) groups is 1.